The smallest absolute Gasteiger partial charge is 0.123 e. The third-order valence-corrected chi connectivity index (χ3v) is 4.17. The Morgan fingerprint density at radius 2 is 1.81 bits per heavy atom. The quantitative estimate of drug-likeness (QED) is 0.816. The summed E-state index contributed by atoms with van der Waals surface area (Å²) in [5.41, 5.74) is 2.40. The van der Waals surface area contributed by atoms with Crippen LogP contribution in [0.4, 0.5) is 0 Å². The summed E-state index contributed by atoms with van der Waals surface area (Å²) in [6.07, 6.45) is 4.88. The van der Waals surface area contributed by atoms with E-state index in [4.69, 9.17) is 0 Å². The van der Waals surface area contributed by atoms with Crippen molar-refractivity contribution in [3.8, 4) is 16.3 Å². The molecule has 0 amide bonds. The normalized spacial score (nSPS) is 14.8. The van der Waals surface area contributed by atoms with Gasteiger partial charge in [-0.05, 0) is 49.9 Å². The monoisotopic (exact) mass is 231 g/mol. The highest BCUT2D eigenvalue weighted by atomic mass is 32.1. The van der Waals surface area contributed by atoms with Gasteiger partial charge in [0.25, 0.3) is 0 Å². The topological polar surface area (TPSA) is 33.1 Å². The van der Waals surface area contributed by atoms with Crippen LogP contribution in [0.2, 0.25) is 0 Å². The van der Waals surface area contributed by atoms with Gasteiger partial charge in [-0.2, -0.15) is 0 Å². The van der Waals surface area contributed by atoms with Crippen molar-refractivity contribution in [1.29, 1.82) is 0 Å². The van der Waals surface area contributed by atoms with E-state index in [1.807, 2.05) is 12.1 Å². The van der Waals surface area contributed by atoms with Crippen molar-refractivity contribution in [2.24, 2.45) is 0 Å². The number of hydrogen-bond donors (Lipinski definition) is 1. The standard InChI is InChI=1S/C13H13NOS/c15-10-7-5-9(6-8-10)13-14-11-3-1-2-4-12(11)16-13/h5-8,15H,1-4H2. The van der Waals surface area contributed by atoms with Gasteiger partial charge in [0.05, 0.1) is 5.69 Å². The second kappa shape index (κ2) is 3.91. The molecule has 2 aromatic rings. The van der Waals surface area contributed by atoms with Gasteiger partial charge in [-0.25, -0.2) is 4.98 Å². The van der Waals surface area contributed by atoms with E-state index < -0.39 is 0 Å². The maximum Gasteiger partial charge on any atom is 0.123 e. The van der Waals surface area contributed by atoms with Gasteiger partial charge in [-0.1, -0.05) is 0 Å². The van der Waals surface area contributed by atoms with Gasteiger partial charge >= 0.3 is 0 Å². The molecule has 0 aliphatic heterocycles. The molecule has 1 aliphatic rings. The Hall–Kier alpha value is -1.35. The summed E-state index contributed by atoms with van der Waals surface area (Å²) in [7, 11) is 0. The SMILES string of the molecule is Oc1ccc(-c2nc3c(s2)CCCC3)cc1. The molecule has 1 aliphatic carbocycles. The number of hydrogen-bond acceptors (Lipinski definition) is 3. The van der Waals surface area contributed by atoms with Crippen LogP contribution in [-0.4, -0.2) is 10.1 Å². The van der Waals surface area contributed by atoms with Crippen LogP contribution in [0.1, 0.15) is 23.4 Å². The maximum atomic E-state index is 9.25. The molecule has 0 fully saturated rings. The minimum absolute atomic E-state index is 0.310. The van der Waals surface area contributed by atoms with E-state index in [1.54, 1.807) is 23.5 Å². The van der Waals surface area contributed by atoms with Gasteiger partial charge in [-0.3, -0.25) is 0 Å². The van der Waals surface area contributed by atoms with Gasteiger partial charge in [-0.15, -0.1) is 11.3 Å². The minimum Gasteiger partial charge on any atom is -0.508 e. The lowest BCUT2D eigenvalue weighted by Crippen LogP contribution is -1.98. The Balaban J connectivity index is 2.00. The van der Waals surface area contributed by atoms with Crippen LogP contribution in [0.5, 0.6) is 5.75 Å². The first-order chi connectivity index (χ1) is 7.83. The molecule has 1 heterocycles. The molecule has 0 radical (unpaired) electrons. The third kappa shape index (κ3) is 1.71. The van der Waals surface area contributed by atoms with E-state index in [0.717, 1.165) is 17.0 Å². The number of aromatic hydroxyl groups is 1. The molecular formula is C13H13NOS. The van der Waals surface area contributed by atoms with Gasteiger partial charge < -0.3 is 5.11 Å². The molecule has 16 heavy (non-hydrogen) atoms. The molecule has 0 atom stereocenters. The number of fused-ring (bicyclic) bond motifs is 1. The summed E-state index contributed by atoms with van der Waals surface area (Å²) in [5, 5.41) is 10.3. The van der Waals surface area contributed by atoms with Crippen molar-refractivity contribution in [1.82, 2.24) is 4.98 Å². The average molecular weight is 231 g/mol. The number of aryl methyl sites for hydroxylation is 2. The van der Waals surface area contributed by atoms with Crippen LogP contribution in [0, 0.1) is 0 Å². The van der Waals surface area contributed by atoms with Crippen LogP contribution in [0.25, 0.3) is 10.6 Å². The van der Waals surface area contributed by atoms with Crippen LogP contribution in [0.15, 0.2) is 24.3 Å². The zero-order valence-corrected chi connectivity index (χ0v) is 9.76. The van der Waals surface area contributed by atoms with Crippen molar-refractivity contribution >= 4 is 11.3 Å². The fraction of sp³-hybridized carbons (Fsp3) is 0.308. The van der Waals surface area contributed by atoms with Gasteiger partial charge in [0.1, 0.15) is 10.8 Å². The predicted octanol–water partition coefficient (Wildman–Crippen LogP) is 3.39. The van der Waals surface area contributed by atoms with Crippen molar-refractivity contribution < 1.29 is 5.11 Å². The Kier molecular flexibility index (Phi) is 2.40. The molecule has 3 rings (SSSR count). The highest BCUT2D eigenvalue weighted by molar-refractivity contribution is 7.15. The first-order valence-electron chi connectivity index (χ1n) is 5.61. The molecule has 0 bridgehead atoms. The van der Waals surface area contributed by atoms with Crippen molar-refractivity contribution in [2.75, 3.05) is 0 Å². The number of phenols is 1. The molecule has 1 N–H and O–H groups in total. The lowest BCUT2D eigenvalue weighted by atomic mass is 10.0. The molecule has 1 aromatic heterocycles. The van der Waals surface area contributed by atoms with Crippen LogP contribution < -0.4 is 0 Å². The van der Waals surface area contributed by atoms with E-state index in [-0.39, 0.29) is 0 Å². The van der Waals surface area contributed by atoms with Crippen LogP contribution >= 0.6 is 11.3 Å². The van der Waals surface area contributed by atoms with Crippen LogP contribution in [0.3, 0.4) is 0 Å². The average Bonchev–Trinajstić information content (AvgIpc) is 2.73. The maximum absolute atomic E-state index is 9.25. The molecule has 0 spiro atoms. The van der Waals surface area contributed by atoms with E-state index in [1.165, 1.54) is 29.8 Å². The fourth-order valence-corrected chi connectivity index (χ4v) is 3.23. The first-order valence-corrected chi connectivity index (χ1v) is 6.42. The summed E-state index contributed by atoms with van der Waals surface area (Å²) in [5.74, 6) is 0.310. The number of nitrogens with zero attached hydrogens (tertiary/aromatic N) is 1. The Morgan fingerprint density at radius 1 is 1.06 bits per heavy atom. The second-order valence-electron chi connectivity index (χ2n) is 4.14. The molecule has 1 aromatic carbocycles. The van der Waals surface area contributed by atoms with Crippen LogP contribution in [-0.2, 0) is 12.8 Å². The Labute approximate surface area is 98.6 Å². The third-order valence-electron chi connectivity index (χ3n) is 2.96. The largest absolute Gasteiger partial charge is 0.508 e. The number of rotatable bonds is 1. The zero-order chi connectivity index (χ0) is 11.0. The highest BCUT2D eigenvalue weighted by Gasteiger charge is 2.15. The zero-order valence-electron chi connectivity index (χ0n) is 8.94. The molecular weight excluding hydrogens is 218 g/mol. The Morgan fingerprint density at radius 3 is 2.56 bits per heavy atom. The molecule has 0 unspecified atom stereocenters. The van der Waals surface area contributed by atoms with Gasteiger partial charge in [0.2, 0.25) is 0 Å². The van der Waals surface area contributed by atoms with E-state index >= 15 is 0 Å². The van der Waals surface area contributed by atoms with Gasteiger partial charge in [0, 0.05) is 10.4 Å². The molecule has 2 nitrogen and oxygen atoms in total. The lowest BCUT2D eigenvalue weighted by molar-refractivity contribution is 0.475. The van der Waals surface area contributed by atoms with E-state index in [0.29, 0.717) is 5.75 Å². The van der Waals surface area contributed by atoms with E-state index in [9.17, 15) is 5.11 Å². The number of aromatic nitrogens is 1. The van der Waals surface area contributed by atoms with Crippen molar-refractivity contribution in [3.63, 3.8) is 0 Å². The second-order valence-corrected chi connectivity index (χ2v) is 5.23. The number of thiazole rings is 1. The number of benzene rings is 1. The number of phenolic OH excluding ortho intramolecular Hbond substituents is 1. The molecule has 0 saturated carbocycles. The summed E-state index contributed by atoms with van der Waals surface area (Å²) < 4.78 is 0. The minimum atomic E-state index is 0.310. The molecule has 0 saturated heterocycles. The first kappa shape index (κ1) is 9.85. The summed E-state index contributed by atoms with van der Waals surface area (Å²) >= 11 is 1.80. The summed E-state index contributed by atoms with van der Waals surface area (Å²) in [6, 6.07) is 7.30. The summed E-state index contributed by atoms with van der Waals surface area (Å²) in [4.78, 5) is 6.14. The fourth-order valence-electron chi connectivity index (χ4n) is 2.08. The summed E-state index contributed by atoms with van der Waals surface area (Å²) in [6.45, 7) is 0. The Bertz CT molecular complexity index is 478. The predicted molar refractivity (Wildman–Crippen MR) is 65.9 cm³/mol. The molecule has 3 heteroatoms. The van der Waals surface area contributed by atoms with Crippen molar-refractivity contribution in [2.45, 2.75) is 25.7 Å². The van der Waals surface area contributed by atoms with E-state index in [2.05, 4.69) is 4.98 Å². The highest BCUT2D eigenvalue weighted by Crippen LogP contribution is 2.32. The molecule has 82 valence electrons. The lowest BCUT2D eigenvalue weighted by Gasteiger charge is -2.06. The van der Waals surface area contributed by atoms with Crippen molar-refractivity contribution in [3.05, 3.63) is 34.8 Å². The van der Waals surface area contributed by atoms with Gasteiger partial charge in [0.15, 0.2) is 0 Å².